The maximum Gasteiger partial charge on any atom is 0.222 e. The van der Waals surface area contributed by atoms with Crippen molar-refractivity contribution in [1.29, 1.82) is 0 Å². The molecule has 0 aromatic carbocycles. The minimum atomic E-state index is -3.26. The molecule has 2 rings (SSSR count). The number of nitrogens with one attached hydrogen (secondary N) is 2. The third-order valence-corrected chi connectivity index (χ3v) is 6.09. The molecule has 0 aliphatic carbocycles. The smallest absolute Gasteiger partial charge is 0.222 e. The first-order valence-corrected chi connectivity index (χ1v) is 9.58. The van der Waals surface area contributed by atoms with Crippen LogP contribution in [0.4, 0.5) is 0 Å². The first kappa shape index (κ1) is 16.7. The van der Waals surface area contributed by atoms with Crippen LogP contribution in [0.25, 0.3) is 0 Å². The minimum Gasteiger partial charge on any atom is -0.339 e. The van der Waals surface area contributed by atoms with Gasteiger partial charge in [0.2, 0.25) is 15.9 Å². The summed E-state index contributed by atoms with van der Waals surface area (Å²) in [5.41, 5.74) is 0. The third kappa shape index (κ3) is 4.93. The van der Waals surface area contributed by atoms with Crippen molar-refractivity contribution >= 4 is 15.9 Å². The second kappa shape index (κ2) is 7.56. The fourth-order valence-corrected chi connectivity index (χ4v) is 4.34. The van der Waals surface area contributed by atoms with Crippen molar-refractivity contribution in [2.45, 2.75) is 44.6 Å². The molecule has 6 nitrogen and oxygen atoms in total. The fourth-order valence-electron chi connectivity index (χ4n) is 3.32. The minimum absolute atomic E-state index is 0.0303. The molecule has 7 heteroatoms. The summed E-state index contributed by atoms with van der Waals surface area (Å²) in [6.45, 7) is 2.80. The van der Waals surface area contributed by atoms with Crippen LogP contribution < -0.4 is 10.0 Å². The standard InChI is InChI=1S/C14H27N3O3S/c1-15-21(19,20)11-13-3-2-10-17(13)14(18)5-4-12-6-8-16-9-7-12/h12-13,15-16H,2-11H2,1H3. The Hall–Kier alpha value is -0.660. The molecule has 0 spiro atoms. The largest absolute Gasteiger partial charge is 0.339 e. The predicted molar refractivity (Wildman–Crippen MR) is 82.4 cm³/mol. The van der Waals surface area contributed by atoms with Crippen molar-refractivity contribution in [2.24, 2.45) is 5.92 Å². The summed E-state index contributed by atoms with van der Waals surface area (Å²) in [4.78, 5) is 14.2. The first-order chi connectivity index (χ1) is 10.0. The molecule has 2 heterocycles. The molecule has 2 aliphatic heterocycles. The number of likely N-dealkylation sites (tertiary alicyclic amines) is 1. The highest BCUT2D eigenvalue weighted by Crippen LogP contribution is 2.23. The Bertz CT molecular complexity index is 446. The summed E-state index contributed by atoms with van der Waals surface area (Å²) < 4.78 is 25.7. The molecule has 0 radical (unpaired) electrons. The lowest BCUT2D eigenvalue weighted by molar-refractivity contribution is -0.132. The second-order valence-corrected chi connectivity index (χ2v) is 8.07. The quantitative estimate of drug-likeness (QED) is 0.739. The van der Waals surface area contributed by atoms with Crippen LogP contribution in [0.15, 0.2) is 0 Å². The van der Waals surface area contributed by atoms with Crippen LogP contribution in [0.3, 0.4) is 0 Å². The Morgan fingerprint density at radius 1 is 1.29 bits per heavy atom. The van der Waals surface area contributed by atoms with Gasteiger partial charge in [0.25, 0.3) is 0 Å². The molecule has 1 amide bonds. The zero-order valence-corrected chi connectivity index (χ0v) is 13.6. The Labute approximate surface area is 127 Å². The van der Waals surface area contributed by atoms with E-state index >= 15 is 0 Å². The highest BCUT2D eigenvalue weighted by Gasteiger charge is 2.32. The highest BCUT2D eigenvalue weighted by atomic mass is 32.2. The lowest BCUT2D eigenvalue weighted by Crippen LogP contribution is -2.42. The van der Waals surface area contributed by atoms with E-state index in [0.717, 1.165) is 45.2 Å². The van der Waals surface area contributed by atoms with Crippen molar-refractivity contribution < 1.29 is 13.2 Å². The maximum absolute atomic E-state index is 12.4. The van der Waals surface area contributed by atoms with Gasteiger partial charge in [-0.25, -0.2) is 13.1 Å². The van der Waals surface area contributed by atoms with Gasteiger partial charge in [-0.15, -0.1) is 0 Å². The van der Waals surface area contributed by atoms with E-state index in [1.54, 1.807) is 4.90 Å². The molecule has 21 heavy (non-hydrogen) atoms. The van der Waals surface area contributed by atoms with Gasteiger partial charge in [0.1, 0.15) is 0 Å². The van der Waals surface area contributed by atoms with Crippen molar-refractivity contribution in [3.63, 3.8) is 0 Å². The Balaban J connectivity index is 1.82. The average molecular weight is 317 g/mol. The number of hydrogen-bond donors (Lipinski definition) is 2. The molecule has 2 aliphatic rings. The van der Waals surface area contributed by atoms with Crippen LogP contribution >= 0.6 is 0 Å². The number of carbonyl (C=O) groups is 1. The summed E-state index contributed by atoms with van der Waals surface area (Å²) >= 11 is 0. The SMILES string of the molecule is CNS(=O)(=O)CC1CCCN1C(=O)CCC1CCNCC1. The van der Waals surface area contributed by atoms with E-state index in [2.05, 4.69) is 10.0 Å². The molecule has 0 aromatic rings. The zero-order valence-electron chi connectivity index (χ0n) is 12.8. The topological polar surface area (TPSA) is 78.5 Å². The summed E-state index contributed by atoms with van der Waals surface area (Å²) in [5.74, 6) is 0.794. The Morgan fingerprint density at radius 2 is 2.00 bits per heavy atom. The zero-order chi connectivity index (χ0) is 15.3. The molecule has 2 fully saturated rings. The monoisotopic (exact) mass is 317 g/mol. The summed E-state index contributed by atoms with van der Waals surface area (Å²) in [7, 11) is -1.83. The lowest BCUT2D eigenvalue weighted by atomic mass is 9.93. The number of sulfonamides is 1. The number of hydrogen-bond acceptors (Lipinski definition) is 4. The van der Waals surface area contributed by atoms with E-state index < -0.39 is 10.0 Å². The van der Waals surface area contributed by atoms with Gasteiger partial charge in [-0.05, 0) is 58.2 Å². The molecule has 122 valence electrons. The Kier molecular flexibility index (Phi) is 6.01. The van der Waals surface area contributed by atoms with Crippen LogP contribution in [-0.4, -0.2) is 57.7 Å². The van der Waals surface area contributed by atoms with Gasteiger partial charge in [-0.1, -0.05) is 0 Å². The van der Waals surface area contributed by atoms with E-state index in [-0.39, 0.29) is 17.7 Å². The molecule has 0 aromatic heterocycles. The van der Waals surface area contributed by atoms with E-state index in [4.69, 9.17) is 0 Å². The number of piperidine rings is 1. The highest BCUT2D eigenvalue weighted by molar-refractivity contribution is 7.89. The van der Waals surface area contributed by atoms with Gasteiger partial charge >= 0.3 is 0 Å². The molecule has 0 bridgehead atoms. The van der Waals surface area contributed by atoms with Gasteiger partial charge in [0.05, 0.1) is 5.75 Å². The molecular formula is C14H27N3O3S. The van der Waals surface area contributed by atoms with Gasteiger partial charge in [-0.2, -0.15) is 0 Å². The summed E-state index contributed by atoms with van der Waals surface area (Å²) in [6, 6.07) is -0.150. The molecule has 1 atom stereocenters. The molecule has 1 unspecified atom stereocenters. The number of rotatable bonds is 6. The molecule has 2 saturated heterocycles. The van der Waals surface area contributed by atoms with Crippen LogP contribution in [0.5, 0.6) is 0 Å². The Morgan fingerprint density at radius 3 is 2.67 bits per heavy atom. The second-order valence-electron chi connectivity index (χ2n) is 6.10. The lowest BCUT2D eigenvalue weighted by Gasteiger charge is -2.26. The number of amides is 1. The molecule has 2 N–H and O–H groups in total. The van der Waals surface area contributed by atoms with E-state index in [9.17, 15) is 13.2 Å². The van der Waals surface area contributed by atoms with E-state index in [1.165, 1.54) is 7.05 Å². The molecular weight excluding hydrogens is 290 g/mol. The fraction of sp³-hybridized carbons (Fsp3) is 0.929. The summed E-state index contributed by atoms with van der Waals surface area (Å²) in [6.07, 6.45) is 5.47. The average Bonchev–Trinajstić information content (AvgIpc) is 2.93. The summed E-state index contributed by atoms with van der Waals surface area (Å²) in [5, 5.41) is 3.33. The number of carbonyl (C=O) groups excluding carboxylic acids is 1. The van der Waals surface area contributed by atoms with Crippen LogP contribution in [0.2, 0.25) is 0 Å². The van der Waals surface area contributed by atoms with Gasteiger partial charge < -0.3 is 10.2 Å². The van der Waals surface area contributed by atoms with Crippen molar-refractivity contribution in [3.8, 4) is 0 Å². The van der Waals surface area contributed by atoms with Crippen LogP contribution in [0, 0.1) is 5.92 Å². The van der Waals surface area contributed by atoms with Gasteiger partial charge in [0, 0.05) is 19.0 Å². The van der Waals surface area contributed by atoms with Crippen LogP contribution in [0.1, 0.15) is 38.5 Å². The van der Waals surface area contributed by atoms with E-state index in [1.807, 2.05) is 0 Å². The maximum atomic E-state index is 12.4. The van der Waals surface area contributed by atoms with Gasteiger partial charge in [-0.3, -0.25) is 4.79 Å². The van der Waals surface area contributed by atoms with Crippen LogP contribution in [-0.2, 0) is 14.8 Å². The van der Waals surface area contributed by atoms with Crippen molar-refractivity contribution in [3.05, 3.63) is 0 Å². The molecule has 0 saturated carbocycles. The predicted octanol–water partition coefficient (Wildman–Crippen LogP) is 0.306. The van der Waals surface area contributed by atoms with Gasteiger partial charge in [0.15, 0.2) is 0 Å². The van der Waals surface area contributed by atoms with E-state index in [0.29, 0.717) is 18.9 Å². The van der Waals surface area contributed by atoms with Crippen molar-refractivity contribution in [1.82, 2.24) is 14.9 Å². The third-order valence-electron chi connectivity index (χ3n) is 4.65. The first-order valence-electron chi connectivity index (χ1n) is 7.93. The van der Waals surface area contributed by atoms with Crippen molar-refractivity contribution in [2.75, 3.05) is 32.4 Å². The normalized spacial score (nSPS) is 24.4. The number of nitrogens with zero attached hydrogens (tertiary/aromatic N) is 1.